The van der Waals surface area contributed by atoms with Gasteiger partial charge in [0.15, 0.2) is 0 Å². The molecule has 100 valence electrons. The fourth-order valence-corrected chi connectivity index (χ4v) is 1.82. The van der Waals surface area contributed by atoms with Gasteiger partial charge >= 0.3 is 0 Å². The fraction of sp³-hybridized carbons (Fsp3) is 0.200. The van der Waals surface area contributed by atoms with Crippen molar-refractivity contribution in [3.05, 3.63) is 64.4 Å². The Labute approximate surface area is 116 Å². The molecule has 0 saturated carbocycles. The first-order valence-corrected chi connectivity index (χ1v) is 6.29. The van der Waals surface area contributed by atoms with Crippen molar-refractivity contribution in [2.24, 2.45) is 0 Å². The van der Waals surface area contributed by atoms with E-state index < -0.39 is 6.10 Å². The van der Waals surface area contributed by atoms with Crippen molar-refractivity contribution in [2.75, 3.05) is 0 Å². The van der Waals surface area contributed by atoms with Gasteiger partial charge in [0.05, 0.1) is 6.10 Å². The molecular weight excluding hydrogens is 267 g/mol. The summed E-state index contributed by atoms with van der Waals surface area (Å²) in [5.41, 5.74) is 1.20. The van der Waals surface area contributed by atoms with Crippen LogP contribution >= 0.6 is 11.6 Å². The normalized spacial score (nSPS) is 12.2. The van der Waals surface area contributed by atoms with E-state index in [0.717, 1.165) is 5.56 Å². The van der Waals surface area contributed by atoms with Crippen LogP contribution in [0.3, 0.4) is 0 Å². The minimum absolute atomic E-state index is 0.117. The Morgan fingerprint density at radius 2 is 2.05 bits per heavy atom. The lowest BCUT2D eigenvalue weighted by molar-refractivity contribution is 0.198. The number of aliphatic hydroxyl groups excluding tert-OH is 1. The van der Waals surface area contributed by atoms with Crippen LogP contribution in [0.5, 0.6) is 5.75 Å². The van der Waals surface area contributed by atoms with Crippen molar-refractivity contribution >= 4 is 11.6 Å². The van der Waals surface area contributed by atoms with Crippen molar-refractivity contribution in [3.8, 4) is 5.75 Å². The minimum atomic E-state index is -0.559. The quantitative estimate of drug-likeness (QED) is 0.913. The summed E-state index contributed by atoms with van der Waals surface area (Å²) in [6, 6.07) is 11.6. The van der Waals surface area contributed by atoms with Crippen LogP contribution in [0.1, 0.15) is 24.2 Å². The number of hydrogen-bond acceptors (Lipinski definition) is 2. The van der Waals surface area contributed by atoms with E-state index in [9.17, 15) is 9.50 Å². The zero-order chi connectivity index (χ0) is 13.8. The lowest BCUT2D eigenvalue weighted by Gasteiger charge is -2.10. The lowest BCUT2D eigenvalue weighted by Crippen LogP contribution is -1.99. The maximum absolute atomic E-state index is 13.6. The van der Waals surface area contributed by atoms with Crippen LogP contribution in [0.2, 0.25) is 5.02 Å². The number of ether oxygens (including phenoxy) is 1. The highest BCUT2D eigenvalue weighted by molar-refractivity contribution is 6.30. The highest BCUT2D eigenvalue weighted by Gasteiger charge is 2.05. The molecule has 0 radical (unpaired) electrons. The highest BCUT2D eigenvalue weighted by Crippen LogP contribution is 2.21. The Balaban J connectivity index is 2.08. The van der Waals surface area contributed by atoms with Crippen LogP contribution in [0.4, 0.5) is 4.39 Å². The van der Waals surface area contributed by atoms with Crippen molar-refractivity contribution in [2.45, 2.75) is 19.6 Å². The van der Waals surface area contributed by atoms with E-state index >= 15 is 0 Å². The Hall–Kier alpha value is -1.58. The predicted molar refractivity (Wildman–Crippen MR) is 72.8 cm³/mol. The monoisotopic (exact) mass is 280 g/mol. The first-order chi connectivity index (χ1) is 9.06. The number of rotatable bonds is 4. The van der Waals surface area contributed by atoms with Crippen LogP contribution in [-0.4, -0.2) is 5.11 Å². The number of benzene rings is 2. The Morgan fingerprint density at radius 1 is 1.26 bits per heavy atom. The van der Waals surface area contributed by atoms with Crippen molar-refractivity contribution in [1.82, 2.24) is 0 Å². The lowest BCUT2D eigenvalue weighted by atomic mass is 10.1. The van der Waals surface area contributed by atoms with Gasteiger partial charge in [-0.05, 0) is 36.8 Å². The first-order valence-electron chi connectivity index (χ1n) is 5.91. The molecule has 2 nitrogen and oxygen atoms in total. The molecule has 0 bridgehead atoms. The third-order valence-electron chi connectivity index (χ3n) is 2.75. The molecule has 0 aliphatic heterocycles. The van der Waals surface area contributed by atoms with Crippen LogP contribution in [0.25, 0.3) is 0 Å². The molecule has 0 amide bonds. The summed E-state index contributed by atoms with van der Waals surface area (Å²) in [5, 5.41) is 9.84. The molecule has 0 aromatic heterocycles. The second kappa shape index (κ2) is 6.04. The second-order valence-electron chi connectivity index (χ2n) is 4.27. The topological polar surface area (TPSA) is 29.5 Å². The van der Waals surface area contributed by atoms with Crippen molar-refractivity contribution < 1.29 is 14.2 Å². The molecule has 0 heterocycles. The van der Waals surface area contributed by atoms with Gasteiger partial charge < -0.3 is 9.84 Å². The van der Waals surface area contributed by atoms with E-state index in [1.807, 2.05) is 0 Å². The Bertz CT molecular complexity index is 570. The highest BCUT2D eigenvalue weighted by atomic mass is 35.5. The summed E-state index contributed by atoms with van der Waals surface area (Å²) >= 11 is 5.68. The molecular formula is C15H14ClFO2. The molecule has 1 N–H and O–H groups in total. The van der Waals surface area contributed by atoms with Crippen molar-refractivity contribution in [3.63, 3.8) is 0 Å². The molecule has 4 heteroatoms. The molecule has 2 aromatic carbocycles. The van der Waals surface area contributed by atoms with Gasteiger partial charge in [-0.25, -0.2) is 4.39 Å². The Morgan fingerprint density at radius 3 is 2.74 bits per heavy atom. The molecule has 2 rings (SSSR count). The Kier molecular flexibility index (Phi) is 4.40. The van der Waals surface area contributed by atoms with Gasteiger partial charge in [0.1, 0.15) is 18.2 Å². The summed E-state index contributed by atoms with van der Waals surface area (Å²) in [6.45, 7) is 1.80. The van der Waals surface area contributed by atoms with Gasteiger partial charge in [-0.3, -0.25) is 0 Å². The van der Waals surface area contributed by atoms with Gasteiger partial charge in [-0.15, -0.1) is 0 Å². The van der Waals surface area contributed by atoms with Gasteiger partial charge in [-0.1, -0.05) is 29.8 Å². The summed E-state index contributed by atoms with van der Waals surface area (Å²) in [6.07, 6.45) is -0.559. The van der Waals surface area contributed by atoms with E-state index in [-0.39, 0.29) is 12.4 Å². The third-order valence-corrected chi connectivity index (χ3v) is 2.99. The zero-order valence-corrected chi connectivity index (χ0v) is 11.2. The number of hydrogen-bond donors (Lipinski definition) is 1. The fourth-order valence-electron chi connectivity index (χ4n) is 1.66. The van der Waals surface area contributed by atoms with Crippen LogP contribution < -0.4 is 4.74 Å². The van der Waals surface area contributed by atoms with Gasteiger partial charge in [0.25, 0.3) is 0 Å². The van der Waals surface area contributed by atoms with Gasteiger partial charge in [0, 0.05) is 10.6 Å². The van der Waals surface area contributed by atoms with E-state index in [0.29, 0.717) is 16.3 Å². The zero-order valence-electron chi connectivity index (χ0n) is 10.4. The standard InChI is InChI=1S/C15H14ClFO2/c1-10(18)11-3-2-4-14(7-11)19-9-12-5-6-13(16)8-15(12)17/h2-8,10,18H,9H2,1H3/t10-/m1/s1. The SMILES string of the molecule is C[C@@H](O)c1cccc(OCc2ccc(Cl)cc2F)c1. The minimum Gasteiger partial charge on any atom is -0.489 e. The molecule has 19 heavy (non-hydrogen) atoms. The number of aliphatic hydroxyl groups is 1. The molecule has 1 atom stereocenters. The molecule has 0 fully saturated rings. The molecule has 0 unspecified atom stereocenters. The average molecular weight is 281 g/mol. The maximum Gasteiger partial charge on any atom is 0.131 e. The van der Waals surface area contributed by atoms with E-state index in [1.165, 1.54) is 6.07 Å². The third kappa shape index (κ3) is 3.69. The summed E-state index contributed by atoms with van der Waals surface area (Å²) in [4.78, 5) is 0. The second-order valence-corrected chi connectivity index (χ2v) is 4.71. The summed E-state index contributed by atoms with van der Waals surface area (Å²) < 4.78 is 19.1. The average Bonchev–Trinajstić information content (AvgIpc) is 2.38. The summed E-state index contributed by atoms with van der Waals surface area (Å²) in [7, 11) is 0. The molecule has 0 saturated heterocycles. The summed E-state index contributed by atoms with van der Waals surface area (Å²) in [5.74, 6) is 0.201. The van der Waals surface area contributed by atoms with E-state index in [2.05, 4.69) is 0 Å². The van der Waals surface area contributed by atoms with Gasteiger partial charge in [-0.2, -0.15) is 0 Å². The van der Waals surface area contributed by atoms with Crippen LogP contribution in [-0.2, 0) is 6.61 Å². The van der Waals surface area contributed by atoms with E-state index in [4.69, 9.17) is 16.3 Å². The largest absolute Gasteiger partial charge is 0.489 e. The maximum atomic E-state index is 13.6. The molecule has 0 aliphatic rings. The predicted octanol–water partition coefficient (Wildman–Crippen LogP) is 4.11. The van der Waals surface area contributed by atoms with Gasteiger partial charge in [0.2, 0.25) is 0 Å². The molecule has 0 aliphatic carbocycles. The van der Waals surface area contributed by atoms with Crippen LogP contribution in [0.15, 0.2) is 42.5 Å². The van der Waals surface area contributed by atoms with E-state index in [1.54, 1.807) is 43.3 Å². The first kappa shape index (κ1) is 13.8. The van der Waals surface area contributed by atoms with Crippen molar-refractivity contribution in [1.29, 1.82) is 0 Å². The smallest absolute Gasteiger partial charge is 0.131 e. The van der Waals surface area contributed by atoms with Crippen LogP contribution in [0, 0.1) is 5.82 Å². The molecule has 0 spiro atoms. The number of halogens is 2. The molecule has 2 aromatic rings.